The van der Waals surface area contributed by atoms with Gasteiger partial charge in [0.2, 0.25) is 0 Å². The van der Waals surface area contributed by atoms with Crippen molar-refractivity contribution in [3.05, 3.63) is 29.6 Å². The Labute approximate surface area is 93.8 Å². The first-order valence-electron chi connectivity index (χ1n) is 4.74. The average Bonchev–Trinajstić information content (AvgIpc) is 2.16. The van der Waals surface area contributed by atoms with Crippen molar-refractivity contribution in [1.82, 2.24) is 0 Å². The molecule has 0 saturated heterocycles. The van der Waals surface area contributed by atoms with Crippen molar-refractivity contribution in [3.8, 4) is 0 Å². The van der Waals surface area contributed by atoms with E-state index in [0.717, 1.165) is 12.3 Å². The summed E-state index contributed by atoms with van der Waals surface area (Å²) in [7, 11) is -3.43. The van der Waals surface area contributed by atoms with Crippen LogP contribution in [-0.4, -0.2) is 26.3 Å². The summed E-state index contributed by atoms with van der Waals surface area (Å²) < 4.78 is 35.8. The zero-order valence-corrected chi connectivity index (χ0v) is 9.67. The van der Waals surface area contributed by atoms with Gasteiger partial charge >= 0.3 is 0 Å². The van der Waals surface area contributed by atoms with Gasteiger partial charge in [-0.15, -0.1) is 0 Å². The van der Waals surface area contributed by atoms with Crippen LogP contribution in [0.5, 0.6) is 0 Å². The lowest BCUT2D eigenvalue weighted by Crippen LogP contribution is -2.09. The Balaban J connectivity index is 3.10. The first-order chi connectivity index (χ1) is 7.36. The summed E-state index contributed by atoms with van der Waals surface area (Å²) in [5, 5.41) is 9.53. The zero-order chi connectivity index (χ0) is 12.3. The number of rotatable bonds is 4. The second-order valence-corrected chi connectivity index (χ2v) is 5.56. The van der Waals surface area contributed by atoms with E-state index in [9.17, 15) is 17.9 Å². The average molecular weight is 247 g/mol. The van der Waals surface area contributed by atoms with Crippen molar-refractivity contribution in [2.24, 2.45) is 5.73 Å². The van der Waals surface area contributed by atoms with Gasteiger partial charge in [0.15, 0.2) is 9.84 Å². The third-order valence-electron chi connectivity index (χ3n) is 2.20. The normalized spacial score (nSPS) is 13.8. The van der Waals surface area contributed by atoms with Crippen molar-refractivity contribution in [2.45, 2.75) is 17.4 Å². The van der Waals surface area contributed by atoms with Crippen LogP contribution < -0.4 is 5.73 Å². The van der Waals surface area contributed by atoms with E-state index in [2.05, 4.69) is 0 Å². The lowest BCUT2D eigenvalue weighted by molar-refractivity contribution is 0.165. The lowest BCUT2D eigenvalue weighted by Gasteiger charge is -2.11. The van der Waals surface area contributed by atoms with E-state index < -0.39 is 21.8 Å². The van der Waals surface area contributed by atoms with Crippen molar-refractivity contribution >= 4 is 9.84 Å². The molecule has 0 aliphatic rings. The molecule has 0 amide bonds. The fourth-order valence-corrected chi connectivity index (χ4v) is 1.95. The van der Waals surface area contributed by atoms with Gasteiger partial charge in [-0.3, -0.25) is 0 Å². The molecule has 0 radical (unpaired) electrons. The first kappa shape index (κ1) is 13.1. The molecular weight excluding hydrogens is 233 g/mol. The molecule has 0 bridgehead atoms. The number of aliphatic hydroxyl groups is 1. The molecule has 90 valence electrons. The van der Waals surface area contributed by atoms with Crippen LogP contribution in [0.1, 0.15) is 18.1 Å². The molecule has 0 heterocycles. The Hall–Kier alpha value is -0.980. The summed E-state index contributed by atoms with van der Waals surface area (Å²) in [6.07, 6.45) is 0.228. The molecule has 1 rings (SSSR count). The molecule has 0 aliphatic carbocycles. The summed E-state index contributed by atoms with van der Waals surface area (Å²) >= 11 is 0. The number of nitrogens with two attached hydrogens (primary N) is 1. The maximum atomic E-state index is 13.5. The third-order valence-corrected chi connectivity index (χ3v) is 3.31. The third kappa shape index (κ3) is 3.01. The molecule has 0 fully saturated rings. The van der Waals surface area contributed by atoms with E-state index in [0.29, 0.717) is 0 Å². The number of sulfone groups is 1. The SMILES string of the molecule is CS(=O)(=O)c1ccc(C(O)CCN)c(F)c1. The maximum absolute atomic E-state index is 13.5. The van der Waals surface area contributed by atoms with Gasteiger partial charge in [0.25, 0.3) is 0 Å². The summed E-state index contributed by atoms with van der Waals surface area (Å²) in [6.45, 7) is 0.231. The quantitative estimate of drug-likeness (QED) is 0.817. The number of halogens is 1. The second kappa shape index (κ2) is 4.90. The van der Waals surface area contributed by atoms with Gasteiger partial charge in [-0.05, 0) is 25.1 Å². The monoisotopic (exact) mass is 247 g/mol. The van der Waals surface area contributed by atoms with Crippen LogP contribution in [0.4, 0.5) is 4.39 Å². The molecule has 1 aromatic carbocycles. The highest BCUT2D eigenvalue weighted by Gasteiger charge is 2.15. The topological polar surface area (TPSA) is 80.4 Å². The predicted molar refractivity (Wildman–Crippen MR) is 58.1 cm³/mol. The fraction of sp³-hybridized carbons (Fsp3) is 0.400. The molecule has 0 aromatic heterocycles. The van der Waals surface area contributed by atoms with Gasteiger partial charge < -0.3 is 10.8 Å². The summed E-state index contributed by atoms with van der Waals surface area (Å²) in [5.74, 6) is -0.733. The molecule has 0 saturated carbocycles. The molecule has 3 N–H and O–H groups in total. The molecule has 1 aromatic rings. The first-order valence-corrected chi connectivity index (χ1v) is 6.63. The number of aliphatic hydroxyl groups excluding tert-OH is 1. The Morgan fingerprint density at radius 2 is 2.12 bits per heavy atom. The number of hydrogen-bond acceptors (Lipinski definition) is 4. The van der Waals surface area contributed by atoms with Gasteiger partial charge in [0, 0.05) is 11.8 Å². The van der Waals surface area contributed by atoms with Crippen LogP contribution in [0.2, 0.25) is 0 Å². The van der Waals surface area contributed by atoms with E-state index in [1.807, 2.05) is 0 Å². The van der Waals surface area contributed by atoms with Gasteiger partial charge in [0.1, 0.15) is 5.82 Å². The Bertz CT molecular complexity index is 473. The van der Waals surface area contributed by atoms with Crippen LogP contribution in [0, 0.1) is 5.82 Å². The highest BCUT2D eigenvalue weighted by Crippen LogP contribution is 2.22. The molecule has 0 aliphatic heterocycles. The predicted octanol–water partition coefficient (Wildman–Crippen LogP) is 0.611. The molecule has 4 nitrogen and oxygen atoms in total. The summed E-state index contributed by atoms with van der Waals surface area (Å²) in [4.78, 5) is -0.103. The lowest BCUT2D eigenvalue weighted by atomic mass is 10.1. The highest BCUT2D eigenvalue weighted by atomic mass is 32.2. The van der Waals surface area contributed by atoms with Crippen LogP contribution in [0.25, 0.3) is 0 Å². The zero-order valence-electron chi connectivity index (χ0n) is 8.85. The second-order valence-electron chi connectivity index (χ2n) is 3.55. The van der Waals surface area contributed by atoms with E-state index in [1.54, 1.807) is 0 Å². The van der Waals surface area contributed by atoms with Gasteiger partial charge in [-0.1, -0.05) is 6.07 Å². The van der Waals surface area contributed by atoms with Gasteiger partial charge in [-0.2, -0.15) is 0 Å². The highest BCUT2D eigenvalue weighted by molar-refractivity contribution is 7.90. The van der Waals surface area contributed by atoms with Crippen molar-refractivity contribution in [3.63, 3.8) is 0 Å². The molecule has 6 heteroatoms. The Morgan fingerprint density at radius 3 is 2.56 bits per heavy atom. The van der Waals surface area contributed by atoms with E-state index in [4.69, 9.17) is 5.73 Å². The standard InChI is InChI=1S/C10H14FNO3S/c1-16(14,15)7-2-3-8(9(11)6-7)10(13)4-5-12/h2-3,6,10,13H,4-5,12H2,1H3. The molecule has 1 unspecified atom stereocenters. The Kier molecular flexibility index (Phi) is 4.01. The maximum Gasteiger partial charge on any atom is 0.175 e. The van der Waals surface area contributed by atoms with Crippen LogP contribution >= 0.6 is 0 Å². The van der Waals surface area contributed by atoms with Crippen molar-refractivity contribution < 1.29 is 17.9 Å². The molecule has 16 heavy (non-hydrogen) atoms. The van der Waals surface area contributed by atoms with E-state index in [1.165, 1.54) is 12.1 Å². The largest absolute Gasteiger partial charge is 0.388 e. The smallest absolute Gasteiger partial charge is 0.175 e. The molecule has 1 atom stereocenters. The molecule has 0 spiro atoms. The molecular formula is C10H14FNO3S. The number of hydrogen-bond donors (Lipinski definition) is 2. The summed E-state index contributed by atoms with van der Waals surface area (Å²) in [6, 6.07) is 3.45. The van der Waals surface area contributed by atoms with Crippen LogP contribution in [-0.2, 0) is 9.84 Å². The Morgan fingerprint density at radius 1 is 1.50 bits per heavy atom. The van der Waals surface area contributed by atoms with Gasteiger partial charge in [0.05, 0.1) is 11.0 Å². The van der Waals surface area contributed by atoms with E-state index in [-0.39, 0.29) is 23.4 Å². The van der Waals surface area contributed by atoms with Crippen molar-refractivity contribution in [1.29, 1.82) is 0 Å². The number of benzene rings is 1. The summed E-state index contributed by atoms with van der Waals surface area (Å²) in [5.41, 5.74) is 5.31. The van der Waals surface area contributed by atoms with E-state index >= 15 is 0 Å². The van der Waals surface area contributed by atoms with Crippen molar-refractivity contribution in [2.75, 3.05) is 12.8 Å². The fourth-order valence-electron chi connectivity index (χ4n) is 1.32. The van der Waals surface area contributed by atoms with Crippen LogP contribution in [0.3, 0.4) is 0 Å². The minimum Gasteiger partial charge on any atom is -0.388 e. The van der Waals surface area contributed by atoms with Crippen LogP contribution in [0.15, 0.2) is 23.1 Å². The van der Waals surface area contributed by atoms with Gasteiger partial charge in [-0.25, -0.2) is 12.8 Å². The minimum absolute atomic E-state index is 0.0675. The minimum atomic E-state index is -3.43.